The number of epoxide rings is 1. The fraction of sp³-hybridized carbons (Fsp3) is 0.708. The maximum atomic E-state index is 15.5. The zero-order chi connectivity index (χ0) is 22.6. The molecule has 7 heteroatoms. The van der Waals surface area contributed by atoms with E-state index in [9.17, 15) is 14.4 Å². The number of rotatable bonds is 3. The van der Waals surface area contributed by atoms with Gasteiger partial charge in [-0.05, 0) is 55.7 Å². The van der Waals surface area contributed by atoms with Crippen LogP contribution >= 0.6 is 12.6 Å². The van der Waals surface area contributed by atoms with Crippen molar-refractivity contribution >= 4 is 29.5 Å². The fourth-order valence-electron chi connectivity index (χ4n) is 7.93. The van der Waals surface area contributed by atoms with Crippen LogP contribution in [0, 0.1) is 28.6 Å². The molecule has 168 valence electrons. The molecule has 5 rings (SSSR count). The molecule has 0 aromatic carbocycles. The number of halogens is 1. The molecule has 0 bridgehead atoms. The van der Waals surface area contributed by atoms with Crippen LogP contribution in [-0.4, -0.2) is 40.3 Å². The minimum Gasteiger partial charge on any atom is -0.449 e. The lowest BCUT2D eigenvalue weighted by Crippen LogP contribution is -2.63. The Morgan fingerprint density at radius 3 is 2.65 bits per heavy atom. The molecule has 4 aliphatic carbocycles. The molecule has 9 atom stereocenters. The third-order valence-electron chi connectivity index (χ3n) is 9.34. The van der Waals surface area contributed by atoms with Gasteiger partial charge in [0.05, 0.1) is 6.10 Å². The van der Waals surface area contributed by atoms with E-state index in [0.29, 0.717) is 18.4 Å². The maximum Gasteiger partial charge on any atom is 0.306 e. The number of ketones is 1. The number of fused-ring (bicyclic) bond motifs is 3. The van der Waals surface area contributed by atoms with E-state index in [-0.39, 0.29) is 42.5 Å². The highest BCUT2D eigenvalue weighted by atomic mass is 32.1. The average molecular weight is 449 g/mol. The monoisotopic (exact) mass is 448 g/mol. The molecule has 4 unspecified atom stereocenters. The smallest absolute Gasteiger partial charge is 0.306 e. The molecule has 1 aliphatic heterocycles. The number of esters is 1. The fourth-order valence-corrected chi connectivity index (χ4v) is 8.45. The van der Waals surface area contributed by atoms with Crippen molar-refractivity contribution in [1.82, 2.24) is 0 Å². The highest BCUT2D eigenvalue weighted by Crippen LogP contribution is 2.77. The van der Waals surface area contributed by atoms with Gasteiger partial charge in [-0.3, -0.25) is 14.4 Å². The van der Waals surface area contributed by atoms with Crippen LogP contribution in [0.1, 0.15) is 53.4 Å². The molecular weight excluding hydrogens is 419 g/mol. The predicted molar refractivity (Wildman–Crippen MR) is 114 cm³/mol. The van der Waals surface area contributed by atoms with Crippen LogP contribution in [-0.2, 0) is 23.9 Å². The molecular formula is C24H29FO5S. The molecule has 1 saturated heterocycles. The van der Waals surface area contributed by atoms with Gasteiger partial charge in [0, 0.05) is 23.2 Å². The summed E-state index contributed by atoms with van der Waals surface area (Å²) >= 11 is 4.21. The third-order valence-corrected chi connectivity index (χ3v) is 9.67. The Labute approximate surface area is 187 Å². The lowest BCUT2D eigenvalue weighted by Gasteiger charge is -2.56. The van der Waals surface area contributed by atoms with E-state index in [1.807, 2.05) is 26.8 Å². The summed E-state index contributed by atoms with van der Waals surface area (Å²) < 4.78 is 27.9. The quantitative estimate of drug-likeness (QED) is 0.404. The largest absolute Gasteiger partial charge is 0.449 e. The van der Waals surface area contributed by atoms with Gasteiger partial charge in [-0.25, -0.2) is 4.39 Å². The normalized spacial score (nSPS) is 51.7. The Kier molecular flexibility index (Phi) is 4.35. The second-order valence-corrected chi connectivity index (χ2v) is 10.9. The zero-order valence-corrected chi connectivity index (χ0v) is 19.2. The lowest BCUT2D eigenvalue weighted by atomic mass is 9.46. The van der Waals surface area contributed by atoms with E-state index >= 15 is 4.39 Å². The Hall–Kier alpha value is -1.47. The SMILES string of the molecule is CCC(=O)O[C@]1(C(=O)S)[C@H](C)CC2C3C[C@H](F)C4=CC(=O)C=CC4(C)[C@@]34O[C@H]4CC21C. The predicted octanol–water partition coefficient (Wildman–Crippen LogP) is 3.77. The Morgan fingerprint density at radius 1 is 1.29 bits per heavy atom. The number of thiol groups is 1. The molecule has 1 spiro atoms. The highest BCUT2D eigenvalue weighted by Gasteiger charge is 2.83. The number of alkyl halides is 1. The van der Waals surface area contributed by atoms with Crippen LogP contribution < -0.4 is 0 Å². The van der Waals surface area contributed by atoms with Gasteiger partial charge in [-0.2, -0.15) is 0 Å². The van der Waals surface area contributed by atoms with Crippen molar-refractivity contribution in [3.8, 4) is 0 Å². The van der Waals surface area contributed by atoms with Crippen molar-refractivity contribution in [2.75, 3.05) is 0 Å². The minimum absolute atomic E-state index is 0.0651. The summed E-state index contributed by atoms with van der Waals surface area (Å²) in [4.78, 5) is 37.3. The lowest BCUT2D eigenvalue weighted by molar-refractivity contribution is -0.187. The number of carbonyl (C=O) groups excluding carboxylic acids is 3. The van der Waals surface area contributed by atoms with Gasteiger partial charge in [0.1, 0.15) is 11.8 Å². The first kappa shape index (κ1) is 21.4. The molecule has 31 heavy (non-hydrogen) atoms. The second kappa shape index (κ2) is 6.31. The van der Waals surface area contributed by atoms with Crippen molar-refractivity contribution in [2.24, 2.45) is 28.6 Å². The van der Waals surface area contributed by atoms with Gasteiger partial charge in [-0.15, -0.1) is 12.6 Å². The Bertz CT molecular complexity index is 960. The first-order valence-electron chi connectivity index (χ1n) is 11.2. The van der Waals surface area contributed by atoms with Crippen LogP contribution in [0.2, 0.25) is 0 Å². The highest BCUT2D eigenvalue weighted by molar-refractivity contribution is 7.96. The molecule has 4 fully saturated rings. The third kappa shape index (κ3) is 2.30. The summed E-state index contributed by atoms with van der Waals surface area (Å²) in [6.45, 7) is 7.59. The molecule has 5 aliphatic rings. The standard InChI is InChI=1S/C24H29FO5S/c1-5-19(27)30-23(20(28)31)12(2)8-14-15-10-17(25)16-9-13(26)6-7-21(16,3)24(15)18(29-24)11-22(14,23)4/h6-7,9,12,14-15,17-18H,5,8,10-11H2,1-4H3,(H,28,31)/t12-,14?,15?,17+,18+,21?,22?,23+,24-/m1/s1. The zero-order valence-electron chi connectivity index (χ0n) is 18.3. The maximum absolute atomic E-state index is 15.5. The second-order valence-electron chi connectivity index (χ2n) is 10.5. The minimum atomic E-state index is -1.35. The van der Waals surface area contributed by atoms with E-state index in [0.717, 1.165) is 0 Å². The molecule has 0 radical (unpaired) electrons. The van der Waals surface area contributed by atoms with Crippen LogP contribution in [0.15, 0.2) is 23.8 Å². The van der Waals surface area contributed by atoms with Crippen molar-refractivity contribution in [1.29, 1.82) is 0 Å². The van der Waals surface area contributed by atoms with E-state index in [4.69, 9.17) is 9.47 Å². The molecule has 0 aromatic rings. The van der Waals surface area contributed by atoms with Gasteiger partial charge >= 0.3 is 5.97 Å². The summed E-state index contributed by atoms with van der Waals surface area (Å²) in [7, 11) is 0. The first-order chi connectivity index (χ1) is 14.5. The van der Waals surface area contributed by atoms with Crippen LogP contribution in [0.4, 0.5) is 4.39 Å². The Morgan fingerprint density at radius 2 is 2.00 bits per heavy atom. The van der Waals surface area contributed by atoms with Gasteiger partial charge < -0.3 is 9.47 Å². The summed E-state index contributed by atoms with van der Waals surface area (Å²) in [5, 5.41) is -0.442. The van der Waals surface area contributed by atoms with Gasteiger partial charge in [0.25, 0.3) is 0 Å². The van der Waals surface area contributed by atoms with Crippen molar-refractivity contribution in [2.45, 2.75) is 76.9 Å². The number of hydrogen-bond donors (Lipinski definition) is 1. The van der Waals surface area contributed by atoms with E-state index in [1.54, 1.807) is 6.92 Å². The number of carbonyl (C=O) groups is 3. The molecule has 1 heterocycles. The number of allylic oxidation sites excluding steroid dienone is 2. The molecule has 3 saturated carbocycles. The topological polar surface area (TPSA) is 73.0 Å². The van der Waals surface area contributed by atoms with Crippen LogP contribution in [0.5, 0.6) is 0 Å². The molecule has 5 nitrogen and oxygen atoms in total. The van der Waals surface area contributed by atoms with Crippen molar-refractivity contribution < 1.29 is 28.2 Å². The van der Waals surface area contributed by atoms with Crippen LogP contribution in [0.25, 0.3) is 0 Å². The van der Waals surface area contributed by atoms with Crippen molar-refractivity contribution in [3.63, 3.8) is 0 Å². The molecule has 0 amide bonds. The van der Waals surface area contributed by atoms with Crippen LogP contribution in [0.3, 0.4) is 0 Å². The summed E-state index contributed by atoms with van der Waals surface area (Å²) in [6.07, 6.45) is 4.89. The summed E-state index contributed by atoms with van der Waals surface area (Å²) in [6, 6.07) is 0. The van der Waals surface area contributed by atoms with Gasteiger partial charge in [0.15, 0.2) is 11.4 Å². The first-order valence-corrected chi connectivity index (χ1v) is 11.6. The number of ether oxygens (including phenoxy) is 2. The molecule has 0 aromatic heterocycles. The van der Waals surface area contributed by atoms with E-state index < -0.39 is 39.3 Å². The Balaban J connectivity index is 1.62. The van der Waals surface area contributed by atoms with E-state index in [2.05, 4.69) is 12.6 Å². The summed E-state index contributed by atoms with van der Waals surface area (Å²) in [5.41, 5.74) is -2.84. The summed E-state index contributed by atoms with van der Waals surface area (Å²) in [5.74, 6) is -1.07. The van der Waals surface area contributed by atoms with Crippen molar-refractivity contribution in [3.05, 3.63) is 23.8 Å². The van der Waals surface area contributed by atoms with E-state index in [1.165, 1.54) is 12.2 Å². The van der Waals surface area contributed by atoms with Gasteiger partial charge in [0.2, 0.25) is 5.12 Å². The molecule has 0 N–H and O–H groups in total. The number of hydrogen-bond acceptors (Lipinski definition) is 5. The average Bonchev–Trinajstić information content (AvgIpc) is 3.38. The van der Waals surface area contributed by atoms with Gasteiger partial charge in [-0.1, -0.05) is 26.8 Å².